The quantitative estimate of drug-likeness (QED) is 0.200. The number of hydrogen-bond acceptors (Lipinski definition) is 7. The largest absolute Gasteiger partial charge is 0.495 e. The van der Waals surface area contributed by atoms with E-state index in [-0.39, 0.29) is 16.8 Å². The van der Waals surface area contributed by atoms with E-state index in [0.717, 1.165) is 16.0 Å². The van der Waals surface area contributed by atoms with E-state index in [1.165, 1.54) is 23.3 Å². The van der Waals surface area contributed by atoms with E-state index in [2.05, 4.69) is 15.6 Å². The van der Waals surface area contributed by atoms with E-state index >= 15 is 0 Å². The van der Waals surface area contributed by atoms with Crippen LogP contribution in [0.1, 0.15) is 38.8 Å². The van der Waals surface area contributed by atoms with Crippen molar-refractivity contribution in [2.75, 3.05) is 17.7 Å². The van der Waals surface area contributed by atoms with E-state index in [1.807, 2.05) is 19.9 Å². The molecule has 0 bridgehead atoms. The molecule has 8 nitrogen and oxygen atoms in total. The molecule has 0 saturated heterocycles. The molecule has 4 N–H and O–H groups in total. The standard InChI is InChI=1S/C23H25N5O3S2/c1-13-14(2)33-22(20(13)21(30)17-5-7-18(8-6-17)26-15(3)29)27-23(32)28(24)12-16-9-19(31-4)11-25-10-16/h5-11H,12,24H2,1-4H3,(H,26,29)(H,27,32). The summed E-state index contributed by atoms with van der Waals surface area (Å²) in [5.74, 6) is 6.49. The number of nitrogens with one attached hydrogen (secondary N) is 2. The summed E-state index contributed by atoms with van der Waals surface area (Å²) >= 11 is 6.93. The molecule has 0 atom stereocenters. The lowest BCUT2D eigenvalue weighted by molar-refractivity contribution is -0.114. The van der Waals surface area contributed by atoms with Gasteiger partial charge in [0.05, 0.1) is 25.4 Å². The highest BCUT2D eigenvalue weighted by Gasteiger charge is 2.22. The molecule has 2 aromatic heterocycles. The van der Waals surface area contributed by atoms with Crippen LogP contribution in [0.25, 0.3) is 0 Å². The van der Waals surface area contributed by atoms with E-state index < -0.39 is 0 Å². The van der Waals surface area contributed by atoms with Gasteiger partial charge in [-0.05, 0) is 67.5 Å². The smallest absolute Gasteiger partial charge is 0.221 e. The van der Waals surface area contributed by atoms with Gasteiger partial charge in [0.2, 0.25) is 5.91 Å². The molecular weight excluding hydrogens is 458 g/mol. The molecule has 0 spiro atoms. The second kappa shape index (κ2) is 10.5. The minimum absolute atomic E-state index is 0.142. The topological polar surface area (TPSA) is 110 Å². The summed E-state index contributed by atoms with van der Waals surface area (Å²) in [6.45, 7) is 5.60. The van der Waals surface area contributed by atoms with Crippen molar-refractivity contribution in [3.63, 3.8) is 0 Å². The van der Waals surface area contributed by atoms with Gasteiger partial charge in [-0.1, -0.05) is 0 Å². The predicted octanol–water partition coefficient (Wildman–Crippen LogP) is 4.03. The van der Waals surface area contributed by atoms with Gasteiger partial charge in [0, 0.05) is 29.2 Å². The predicted molar refractivity (Wildman–Crippen MR) is 135 cm³/mol. The lowest BCUT2D eigenvalue weighted by Crippen LogP contribution is -2.39. The van der Waals surface area contributed by atoms with E-state index in [9.17, 15) is 9.59 Å². The normalized spacial score (nSPS) is 10.5. The number of benzene rings is 1. The highest BCUT2D eigenvalue weighted by molar-refractivity contribution is 7.80. The SMILES string of the molecule is COc1cncc(CN(N)C(=S)Nc2sc(C)c(C)c2C(=O)c2ccc(NC(C)=O)cc2)c1. The number of nitrogens with two attached hydrogens (primary N) is 1. The maximum Gasteiger partial charge on any atom is 0.221 e. The fourth-order valence-electron chi connectivity index (χ4n) is 3.14. The van der Waals surface area contributed by atoms with Crippen molar-refractivity contribution >= 4 is 51.0 Å². The van der Waals surface area contributed by atoms with E-state index in [1.54, 1.807) is 43.8 Å². The maximum absolute atomic E-state index is 13.3. The number of amides is 1. The fourth-order valence-corrected chi connectivity index (χ4v) is 4.43. The molecule has 0 unspecified atom stereocenters. The Morgan fingerprint density at radius 2 is 1.88 bits per heavy atom. The zero-order chi connectivity index (χ0) is 24.1. The first-order valence-electron chi connectivity index (χ1n) is 10.0. The number of thiophene rings is 1. The average Bonchev–Trinajstić information content (AvgIpc) is 3.06. The number of nitrogens with zero attached hydrogens (tertiary/aromatic N) is 2. The third-order valence-corrected chi connectivity index (χ3v) is 6.38. The highest BCUT2D eigenvalue weighted by atomic mass is 32.1. The van der Waals surface area contributed by atoms with Crippen molar-refractivity contribution in [2.45, 2.75) is 27.3 Å². The lowest BCUT2D eigenvalue weighted by Gasteiger charge is -2.20. The number of hydrogen-bond donors (Lipinski definition) is 3. The first-order valence-corrected chi connectivity index (χ1v) is 11.3. The zero-order valence-corrected chi connectivity index (χ0v) is 20.4. The average molecular weight is 484 g/mol. The minimum atomic E-state index is -0.172. The molecule has 1 amide bonds. The van der Waals surface area contributed by atoms with Crippen LogP contribution in [0.3, 0.4) is 0 Å². The number of carbonyl (C=O) groups excluding carboxylic acids is 2. The molecule has 172 valence electrons. The molecule has 0 saturated carbocycles. The third kappa shape index (κ3) is 5.92. The van der Waals surface area contributed by atoms with Crippen molar-refractivity contribution in [3.8, 4) is 5.75 Å². The van der Waals surface area contributed by atoms with Gasteiger partial charge in [0.15, 0.2) is 10.9 Å². The molecule has 10 heteroatoms. The van der Waals surface area contributed by atoms with Gasteiger partial charge in [-0.25, -0.2) is 5.84 Å². The Bertz CT molecular complexity index is 1190. The summed E-state index contributed by atoms with van der Waals surface area (Å²) in [5, 5.41) is 8.11. The summed E-state index contributed by atoms with van der Waals surface area (Å²) in [6.07, 6.45) is 3.29. The van der Waals surface area contributed by atoms with Gasteiger partial charge in [-0.2, -0.15) is 0 Å². The molecule has 0 aliphatic carbocycles. The number of anilines is 2. The van der Waals surface area contributed by atoms with Crippen LogP contribution in [0.5, 0.6) is 5.75 Å². The number of methoxy groups -OCH3 is 1. The molecule has 0 radical (unpaired) electrons. The second-order valence-electron chi connectivity index (χ2n) is 7.37. The summed E-state index contributed by atoms with van der Waals surface area (Å²) in [6, 6.07) is 8.60. The number of aromatic nitrogens is 1. The Balaban J connectivity index is 1.79. The van der Waals surface area contributed by atoms with Gasteiger partial charge in [-0.15, -0.1) is 11.3 Å². The molecule has 0 fully saturated rings. The van der Waals surface area contributed by atoms with E-state index in [4.69, 9.17) is 22.8 Å². The van der Waals surface area contributed by atoms with Gasteiger partial charge >= 0.3 is 0 Å². The van der Waals surface area contributed by atoms with Gasteiger partial charge in [-0.3, -0.25) is 19.6 Å². The van der Waals surface area contributed by atoms with Crippen molar-refractivity contribution in [2.24, 2.45) is 5.84 Å². The monoisotopic (exact) mass is 483 g/mol. The number of rotatable bonds is 7. The number of ketones is 1. The van der Waals surface area contributed by atoms with Crippen LogP contribution in [-0.4, -0.2) is 33.9 Å². The zero-order valence-electron chi connectivity index (χ0n) is 18.8. The van der Waals surface area contributed by atoms with Crippen LogP contribution in [0.4, 0.5) is 10.7 Å². The lowest BCUT2D eigenvalue weighted by atomic mass is 10.0. The van der Waals surface area contributed by atoms with Crippen molar-refractivity contribution in [3.05, 3.63) is 69.9 Å². The molecule has 1 aromatic carbocycles. The summed E-state index contributed by atoms with van der Waals surface area (Å²) in [4.78, 5) is 29.7. The summed E-state index contributed by atoms with van der Waals surface area (Å²) in [5.41, 5.74) is 3.38. The Hall–Kier alpha value is -3.34. The van der Waals surface area contributed by atoms with Crippen molar-refractivity contribution in [1.29, 1.82) is 0 Å². The first-order chi connectivity index (χ1) is 15.7. The van der Waals surface area contributed by atoms with Crippen LogP contribution in [0.15, 0.2) is 42.7 Å². The Morgan fingerprint density at radius 3 is 2.52 bits per heavy atom. The van der Waals surface area contributed by atoms with Crippen LogP contribution >= 0.6 is 23.6 Å². The minimum Gasteiger partial charge on any atom is -0.495 e. The van der Waals surface area contributed by atoms with Crippen LogP contribution in [-0.2, 0) is 11.3 Å². The van der Waals surface area contributed by atoms with E-state index in [0.29, 0.717) is 34.1 Å². The van der Waals surface area contributed by atoms with Gasteiger partial charge in [0.1, 0.15) is 10.8 Å². The van der Waals surface area contributed by atoms with Gasteiger partial charge in [0.25, 0.3) is 0 Å². The molecular formula is C23H25N5O3S2. The molecule has 3 aromatic rings. The Kier molecular flexibility index (Phi) is 7.75. The molecule has 3 rings (SSSR count). The van der Waals surface area contributed by atoms with Crippen molar-refractivity contribution in [1.82, 2.24) is 9.99 Å². The number of carbonyl (C=O) groups is 2. The third-order valence-electron chi connectivity index (χ3n) is 4.92. The Labute approximate surface area is 201 Å². The highest BCUT2D eigenvalue weighted by Crippen LogP contribution is 2.34. The summed E-state index contributed by atoms with van der Waals surface area (Å²) < 4.78 is 5.19. The molecule has 2 heterocycles. The van der Waals surface area contributed by atoms with Crippen LogP contribution in [0.2, 0.25) is 0 Å². The number of aryl methyl sites for hydroxylation is 1. The number of ether oxygens (including phenoxy) is 1. The Morgan fingerprint density at radius 1 is 1.18 bits per heavy atom. The second-order valence-corrected chi connectivity index (χ2v) is 8.98. The first kappa shape index (κ1) is 24.3. The number of thiocarbonyl (C=S) groups is 1. The van der Waals surface area contributed by atoms with Crippen molar-refractivity contribution < 1.29 is 14.3 Å². The number of pyridine rings is 1. The van der Waals surface area contributed by atoms with Crippen LogP contribution in [0, 0.1) is 13.8 Å². The maximum atomic E-state index is 13.3. The molecule has 0 aliphatic heterocycles. The van der Waals surface area contributed by atoms with Gasteiger partial charge < -0.3 is 15.4 Å². The summed E-state index contributed by atoms with van der Waals surface area (Å²) in [7, 11) is 1.57. The van der Waals surface area contributed by atoms with Crippen LogP contribution < -0.4 is 21.2 Å². The molecule has 33 heavy (non-hydrogen) atoms. The number of hydrazine groups is 1. The fraction of sp³-hybridized carbons (Fsp3) is 0.217. The molecule has 0 aliphatic rings.